The van der Waals surface area contributed by atoms with Gasteiger partial charge in [0.25, 0.3) is 26.1 Å². The number of methoxy groups -OCH3 is 2. The summed E-state index contributed by atoms with van der Waals surface area (Å²) in [5.74, 6) is -1.42. The Bertz CT molecular complexity index is 3790. The molecule has 8 aromatic rings. The van der Waals surface area contributed by atoms with Crippen LogP contribution in [0.15, 0.2) is 169 Å². The van der Waals surface area contributed by atoms with Gasteiger partial charge in [-0.15, -0.1) is 5.11 Å². The number of anilines is 1. The number of hydrogen-bond acceptors (Lipinski definition) is 15. The van der Waals surface area contributed by atoms with Gasteiger partial charge in [0.1, 0.15) is 27.0 Å². The molecule has 0 aliphatic rings. The fraction of sp³-hybridized carbons (Fsp3) is 0.0800. The minimum atomic E-state index is -4.63. The van der Waals surface area contributed by atoms with Gasteiger partial charge in [-0.25, -0.2) is 0 Å². The molecular formula is C50H38CaCl2N6O12S2. The first-order valence-electron chi connectivity index (χ1n) is 20.9. The summed E-state index contributed by atoms with van der Waals surface area (Å²) < 4.78 is 76.3. The van der Waals surface area contributed by atoms with Crippen molar-refractivity contribution in [2.75, 3.05) is 19.5 Å². The molecule has 1 amide bonds. The van der Waals surface area contributed by atoms with Crippen LogP contribution < -0.4 is 25.0 Å². The van der Waals surface area contributed by atoms with Crippen LogP contribution in [0.3, 0.4) is 0 Å². The van der Waals surface area contributed by atoms with E-state index in [-0.39, 0.29) is 92.8 Å². The van der Waals surface area contributed by atoms with Crippen molar-refractivity contribution in [2.24, 2.45) is 25.4 Å². The number of aliphatic imine (C=N–C) groups is 1. The van der Waals surface area contributed by atoms with Crippen LogP contribution in [0.25, 0.3) is 21.5 Å². The zero-order chi connectivity index (χ0) is 52.1. The molecule has 0 saturated heterocycles. The molecule has 0 fully saturated rings. The molecular weight excluding hydrogens is 1050 g/mol. The Hall–Kier alpha value is -6.72. The van der Waals surface area contributed by atoms with Crippen molar-refractivity contribution in [3.8, 4) is 23.0 Å². The van der Waals surface area contributed by atoms with E-state index < -0.39 is 53.3 Å². The number of nitrogens with one attached hydrogen (secondary N) is 1. The summed E-state index contributed by atoms with van der Waals surface area (Å²) in [5.41, 5.74) is 0.681. The van der Waals surface area contributed by atoms with Gasteiger partial charge in [-0.3, -0.25) is 18.9 Å². The van der Waals surface area contributed by atoms with Crippen molar-refractivity contribution < 1.29 is 55.5 Å². The molecule has 18 nitrogen and oxygen atoms in total. The van der Waals surface area contributed by atoms with E-state index in [1.165, 1.54) is 64.5 Å². The number of azo groups is 2. The molecule has 0 atom stereocenters. The predicted molar refractivity (Wildman–Crippen MR) is 275 cm³/mol. The number of phenols is 1. The predicted octanol–water partition coefficient (Wildman–Crippen LogP) is 11.0. The first-order chi connectivity index (χ1) is 34.2. The van der Waals surface area contributed by atoms with Crippen LogP contribution in [0.4, 0.5) is 34.1 Å². The average Bonchev–Trinajstić information content (AvgIpc) is 3.33. The summed E-state index contributed by atoms with van der Waals surface area (Å²) in [6.45, 7) is 2.81. The fourth-order valence-electron chi connectivity index (χ4n) is 7.27. The average molecular weight is 1090 g/mol. The van der Waals surface area contributed by atoms with Crippen LogP contribution in [-0.4, -0.2) is 94.8 Å². The van der Waals surface area contributed by atoms with Gasteiger partial charge in [0, 0.05) is 28.6 Å². The zero-order valence-electron chi connectivity index (χ0n) is 38.7. The van der Waals surface area contributed by atoms with Gasteiger partial charge in [0.05, 0.1) is 52.6 Å². The standard InChI is InChI=1S/2C25H20ClN3O6S.Ca/c2*1-14-21(11-10-20(26)24(14)36(32,33)34)28-29-22-18-9-4-3-6-15(18)12-19(23(22)30)25(31)27-16-7-5-8-17(13-16)35-2;/h2*3-13,30H,1-2H3,(H,27,31)(H,32,33,34);/q;;+2/p-2. The van der Waals surface area contributed by atoms with E-state index in [9.17, 15) is 46.1 Å². The van der Waals surface area contributed by atoms with Crippen LogP contribution in [0.5, 0.6) is 23.0 Å². The monoisotopic (exact) mass is 1090 g/mol. The molecule has 0 radical (unpaired) electrons. The number of phenolic OH excluding ortho intramolecular Hbond substituents is 1. The number of amides is 1. The summed E-state index contributed by atoms with van der Waals surface area (Å²) >= 11 is 11.9. The second-order valence-corrected chi connectivity index (χ2v) is 18.9. The molecule has 0 aromatic heterocycles. The first kappa shape index (κ1) is 55.6. The number of nitrogens with zero attached hydrogens (tertiary/aromatic N) is 5. The van der Waals surface area contributed by atoms with Crippen LogP contribution in [-0.2, 0) is 20.2 Å². The maximum Gasteiger partial charge on any atom is 2.00 e. The van der Waals surface area contributed by atoms with Crippen molar-refractivity contribution >= 4 is 149 Å². The molecule has 23 heteroatoms. The molecule has 8 rings (SSSR count). The van der Waals surface area contributed by atoms with E-state index in [1.54, 1.807) is 97.1 Å². The Morgan fingerprint density at radius 3 is 1.63 bits per heavy atom. The minimum Gasteiger partial charge on any atom is -0.871 e. The van der Waals surface area contributed by atoms with Gasteiger partial charge in [0.15, 0.2) is 5.75 Å². The van der Waals surface area contributed by atoms with Crippen molar-refractivity contribution in [1.82, 2.24) is 0 Å². The van der Waals surface area contributed by atoms with Crippen LogP contribution in [0.1, 0.15) is 27.0 Å². The number of ether oxygens (including phenoxy) is 2. The third-order valence-electron chi connectivity index (χ3n) is 10.7. The summed E-state index contributed by atoms with van der Waals surface area (Å²) in [6, 6.07) is 35.3. The Labute approximate surface area is 457 Å². The number of aromatic hydroxyl groups is 1. The van der Waals surface area contributed by atoms with Gasteiger partial charge >= 0.3 is 37.7 Å². The zero-order valence-corrected chi connectivity index (χ0v) is 44.1. The summed E-state index contributed by atoms with van der Waals surface area (Å²) in [6.07, 6.45) is 0. The van der Waals surface area contributed by atoms with E-state index in [0.717, 1.165) is 0 Å². The van der Waals surface area contributed by atoms with Crippen molar-refractivity contribution in [1.29, 1.82) is 0 Å². The quantitative estimate of drug-likeness (QED) is 0.0292. The number of benzene rings is 8. The second kappa shape index (κ2) is 23.4. The number of halogens is 2. The molecule has 0 saturated carbocycles. The molecule has 0 heterocycles. The topological polar surface area (TPSA) is 284 Å². The van der Waals surface area contributed by atoms with E-state index in [1.807, 2.05) is 0 Å². The fourth-order valence-corrected chi connectivity index (χ4v) is 9.88. The molecule has 73 heavy (non-hydrogen) atoms. The summed E-state index contributed by atoms with van der Waals surface area (Å²) in [5, 5.41) is 58.1. The van der Waals surface area contributed by atoms with Crippen LogP contribution in [0, 0.1) is 13.8 Å². The van der Waals surface area contributed by atoms with E-state index in [2.05, 4.69) is 30.8 Å². The Kier molecular flexibility index (Phi) is 17.8. The van der Waals surface area contributed by atoms with Gasteiger partial charge in [0.2, 0.25) is 0 Å². The van der Waals surface area contributed by atoms with Crippen molar-refractivity contribution in [3.05, 3.63) is 166 Å². The van der Waals surface area contributed by atoms with Gasteiger partial charge in [-0.2, -0.15) is 32.2 Å². The van der Waals surface area contributed by atoms with Crippen molar-refractivity contribution in [3.63, 3.8) is 0 Å². The maximum absolute atomic E-state index is 13.3. The van der Waals surface area contributed by atoms with E-state index in [4.69, 9.17) is 32.7 Å². The van der Waals surface area contributed by atoms with Gasteiger partial charge < -0.3 is 30.1 Å². The number of fused-ring (bicyclic) bond motifs is 2. The first-order valence-corrected chi connectivity index (χ1v) is 24.5. The SMILES string of the molecule is COc1cccc(N=C([O-])c2cc3ccccc3c(N=Nc3ccc(Cl)c(S(=O)(=O)O)c3C)c2[O-])c1.COc1cccc(NC(=O)c2cc3ccccc3c(N=Nc3ccc(Cl)c(S(=O)(=O)O)c3C)c2O)c1.[Ca+2]. The molecule has 0 bridgehead atoms. The number of carbonyl (C=O) groups excluding carboxylic acids is 1. The number of hydrogen-bond donors (Lipinski definition) is 4. The number of rotatable bonds is 12. The summed E-state index contributed by atoms with van der Waals surface area (Å²) in [4.78, 5) is 16.1. The Morgan fingerprint density at radius 2 is 1.10 bits per heavy atom. The van der Waals surface area contributed by atoms with Gasteiger partial charge in [-0.1, -0.05) is 89.6 Å². The third kappa shape index (κ3) is 12.7. The largest absolute Gasteiger partial charge is 2.00 e. The molecule has 8 aromatic carbocycles. The normalized spacial score (nSPS) is 11.9. The third-order valence-corrected chi connectivity index (χ3v) is 13.7. The van der Waals surface area contributed by atoms with Crippen molar-refractivity contribution in [2.45, 2.75) is 23.6 Å². The molecule has 0 aliphatic carbocycles. The Balaban J connectivity index is 0.000000235. The van der Waals surface area contributed by atoms with Gasteiger partial charge in [-0.05, 0) is 108 Å². The second-order valence-electron chi connectivity index (χ2n) is 15.4. The van der Waals surface area contributed by atoms with E-state index >= 15 is 0 Å². The van der Waals surface area contributed by atoms with Crippen LogP contribution in [0.2, 0.25) is 10.0 Å². The maximum atomic E-state index is 13.3. The Morgan fingerprint density at radius 1 is 0.616 bits per heavy atom. The molecule has 0 spiro atoms. The smallest absolute Gasteiger partial charge is 0.871 e. The molecule has 4 N–H and O–H groups in total. The van der Waals surface area contributed by atoms with E-state index in [0.29, 0.717) is 44.4 Å². The summed E-state index contributed by atoms with van der Waals surface area (Å²) in [7, 11) is -6.24. The minimum absolute atomic E-state index is 0. The number of carbonyl (C=O) groups is 1. The molecule has 368 valence electrons. The molecule has 0 unspecified atom stereocenters. The molecule has 0 aliphatic heterocycles. The van der Waals surface area contributed by atoms with Crippen LogP contribution >= 0.6 is 23.2 Å².